The molecule has 3 rings (SSSR count). The maximum absolute atomic E-state index is 12.3. The van der Waals surface area contributed by atoms with Gasteiger partial charge >= 0.3 is 0 Å². The van der Waals surface area contributed by atoms with Crippen LogP contribution in [0.3, 0.4) is 0 Å². The minimum atomic E-state index is -0.521. The minimum absolute atomic E-state index is 0.257. The van der Waals surface area contributed by atoms with Gasteiger partial charge in [0.15, 0.2) is 0 Å². The second kappa shape index (κ2) is 5.65. The summed E-state index contributed by atoms with van der Waals surface area (Å²) < 4.78 is 0. The van der Waals surface area contributed by atoms with Crippen LogP contribution >= 0.6 is 0 Å². The van der Waals surface area contributed by atoms with Gasteiger partial charge in [-0.1, -0.05) is 6.07 Å². The number of anilines is 1. The summed E-state index contributed by atoms with van der Waals surface area (Å²) in [5.74, 6) is -0.778. The number of aromatic nitrogens is 1. The maximum Gasteiger partial charge on any atom is 0.255 e. The lowest BCUT2D eigenvalue weighted by molar-refractivity contribution is 0.0995. The fraction of sp³-hybridized carbons (Fsp3) is 0. The molecule has 0 fully saturated rings. The van der Waals surface area contributed by atoms with E-state index in [1.165, 1.54) is 12.1 Å². The monoisotopic (exact) mass is 291 g/mol. The summed E-state index contributed by atoms with van der Waals surface area (Å²) in [5.41, 5.74) is 7.49. The lowest BCUT2D eigenvalue weighted by atomic mass is 10.1. The van der Waals surface area contributed by atoms with Crippen LogP contribution in [0.5, 0.6) is 0 Å². The summed E-state index contributed by atoms with van der Waals surface area (Å²) in [5, 5.41) is 3.72. The van der Waals surface area contributed by atoms with E-state index in [0.717, 1.165) is 10.9 Å². The Hall–Kier alpha value is -3.21. The third-order valence-electron chi connectivity index (χ3n) is 3.33. The van der Waals surface area contributed by atoms with Gasteiger partial charge in [0.05, 0.1) is 11.2 Å². The van der Waals surface area contributed by atoms with E-state index in [1.54, 1.807) is 18.3 Å². The SMILES string of the molecule is NC(=O)c1ccc(C(=O)Nc2cccc3ncccc23)cc1. The normalized spacial score (nSPS) is 10.4. The molecule has 0 spiro atoms. The molecule has 22 heavy (non-hydrogen) atoms. The van der Waals surface area contributed by atoms with E-state index in [0.29, 0.717) is 16.8 Å². The maximum atomic E-state index is 12.3. The van der Waals surface area contributed by atoms with Crippen molar-refractivity contribution in [2.45, 2.75) is 0 Å². The van der Waals surface area contributed by atoms with Gasteiger partial charge in [0.25, 0.3) is 5.91 Å². The molecule has 0 saturated carbocycles. The van der Waals surface area contributed by atoms with E-state index in [-0.39, 0.29) is 5.91 Å². The van der Waals surface area contributed by atoms with E-state index in [4.69, 9.17) is 5.73 Å². The highest BCUT2D eigenvalue weighted by Gasteiger charge is 2.09. The molecular formula is C17H13N3O2. The zero-order valence-electron chi connectivity index (χ0n) is 11.6. The van der Waals surface area contributed by atoms with Gasteiger partial charge < -0.3 is 11.1 Å². The number of rotatable bonds is 3. The molecule has 1 aromatic heterocycles. The molecule has 3 aromatic rings. The van der Waals surface area contributed by atoms with E-state index in [2.05, 4.69) is 10.3 Å². The first-order valence-electron chi connectivity index (χ1n) is 6.70. The number of hydrogen-bond donors (Lipinski definition) is 2. The van der Waals surface area contributed by atoms with Crippen molar-refractivity contribution in [3.05, 3.63) is 71.9 Å². The van der Waals surface area contributed by atoms with Crippen LogP contribution in [0, 0.1) is 0 Å². The second-order valence-electron chi connectivity index (χ2n) is 4.77. The molecule has 0 saturated heterocycles. The van der Waals surface area contributed by atoms with Crippen molar-refractivity contribution in [3.63, 3.8) is 0 Å². The predicted molar refractivity (Wildman–Crippen MR) is 84.7 cm³/mol. The lowest BCUT2D eigenvalue weighted by Crippen LogP contribution is -2.14. The van der Waals surface area contributed by atoms with Gasteiger partial charge in [0.2, 0.25) is 5.91 Å². The number of nitrogens with one attached hydrogen (secondary N) is 1. The summed E-state index contributed by atoms with van der Waals surface area (Å²) in [6, 6.07) is 15.4. The fourth-order valence-electron chi connectivity index (χ4n) is 2.19. The van der Waals surface area contributed by atoms with E-state index < -0.39 is 5.91 Å². The van der Waals surface area contributed by atoms with Gasteiger partial charge in [0.1, 0.15) is 0 Å². The molecule has 0 aliphatic carbocycles. The molecule has 5 heteroatoms. The van der Waals surface area contributed by atoms with Crippen molar-refractivity contribution >= 4 is 28.4 Å². The van der Waals surface area contributed by atoms with Crippen LogP contribution in [0.2, 0.25) is 0 Å². The number of hydrogen-bond acceptors (Lipinski definition) is 3. The number of carbonyl (C=O) groups excluding carboxylic acids is 2. The zero-order chi connectivity index (χ0) is 15.5. The van der Waals surface area contributed by atoms with E-state index >= 15 is 0 Å². The van der Waals surface area contributed by atoms with Crippen LogP contribution < -0.4 is 11.1 Å². The number of pyridine rings is 1. The van der Waals surface area contributed by atoms with Crippen LogP contribution in [0.15, 0.2) is 60.8 Å². The first-order chi connectivity index (χ1) is 10.6. The summed E-state index contributed by atoms with van der Waals surface area (Å²) in [6.45, 7) is 0. The molecule has 0 unspecified atom stereocenters. The minimum Gasteiger partial charge on any atom is -0.366 e. The Balaban J connectivity index is 1.88. The van der Waals surface area contributed by atoms with Crippen LogP contribution in [-0.2, 0) is 0 Å². The molecule has 0 aliphatic rings. The Labute approximate surface area is 126 Å². The van der Waals surface area contributed by atoms with E-state index in [9.17, 15) is 9.59 Å². The van der Waals surface area contributed by atoms with Crippen LogP contribution in [0.25, 0.3) is 10.9 Å². The smallest absolute Gasteiger partial charge is 0.255 e. The standard InChI is InChI=1S/C17H13N3O2/c18-16(21)11-6-8-12(9-7-11)17(22)20-15-5-1-4-14-13(15)3-2-10-19-14/h1-10H,(H2,18,21)(H,20,22). The average Bonchev–Trinajstić information content (AvgIpc) is 2.55. The van der Waals surface area contributed by atoms with Crippen LogP contribution in [-0.4, -0.2) is 16.8 Å². The number of primary amides is 1. The average molecular weight is 291 g/mol. The summed E-state index contributed by atoms with van der Waals surface area (Å²) >= 11 is 0. The van der Waals surface area contributed by atoms with Gasteiger partial charge in [-0.05, 0) is 48.5 Å². The van der Waals surface area contributed by atoms with Crippen molar-refractivity contribution in [2.75, 3.05) is 5.32 Å². The fourth-order valence-corrected chi connectivity index (χ4v) is 2.19. The van der Waals surface area contributed by atoms with Crippen molar-refractivity contribution in [2.24, 2.45) is 5.73 Å². The molecule has 1 heterocycles. The largest absolute Gasteiger partial charge is 0.366 e. The molecule has 108 valence electrons. The Bertz CT molecular complexity index is 852. The van der Waals surface area contributed by atoms with Crippen molar-refractivity contribution < 1.29 is 9.59 Å². The van der Waals surface area contributed by atoms with Gasteiger partial charge in [-0.15, -0.1) is 0 Å². The second-order valence-corrected chi connectivity index (χ2v) is 4.77. The highest BCUT2D eigenvalue weighted by Crippen LogP contribution is 2.22. The summed E-state index contributed by atoms with van der Waals surface area (Å²) in [7, 11) is 0. The van der Waals surface area contributed by atoms with Gasteiger partial charge in [0, 0.05) is 22.7 Å². The molecule has 0 aliphatic heterocycles. The third-order valence-corrected chi connectivity index (χ3v) is 3.33. The Morgan fingerprint density at radius 2 is 1.64 bits per heavy atom. The molecule has 2 amide bonds. The molecule has 5 nitrogen and oxygen atoms in total. The topological polar surface area (TPSA) is 85.1 Å². The Kier molecular flexibility index (Phi) is 3.53. The number of nitrogens with two attached hydrogens (primary N) is 1. The molecular weight excluding hydrogens is 278 g/mol. The third kappa shape index (κ3) is 2.64. The Morgan fingerprint density at radius 3 is 2.36 bits per heavy atom. The van der Waals surface area contributed by atoms with Crippen LogP contribution in [0.4, 0.5) is 5.69 Å². The number of amides is 2. The van der Waals surface area contributed by atoms with Crippen molar-refractivity contribution in [1.29, 1.82) is 0 Å². The lowest BCUT2D eigenvalue weighted by Gasteiger charge is -2.08. The van der Waals surface area contributed by atoms with Crippen molar-refractivity contribution in [1.82, 2.24) is 4.98 Å². The number of benzene rings is 2. The number of carbonyl (C=O) groups is 2. The molecule has 2 aromatic carbocycles. The van der Waals surface area contributed by atoms with Gasteiger partial charge in [-0.2, -0.15) is 0 Å². The Morgan fingerprint density at radius 1 is 0.909 bits per heavy atom. The molecule has 0 bridgehead atoms. The molecule has 0 radical (unpaired) electrons. The van der Waals surface area contributed by atoms with Gasteiger partial charge in [-0.25, -0.2) is 0 Å². The molecule has 0 atom stereocenters. The van der Waals surface area contributed by atoms with Crippen molar-refractivity contribution in [3.8, 4) is 0 Å². The summed E-state index contributed by atoms with van der Waals surface area (Å²) in [6.07, 6.45) is 1.70. The van der Waals surface area contributed by atoms with Crippen LogP contribution in [0.1, 0.15) is 20.7 Å². The quantitative estimate of drug-likeness (QED) is 0.777. The number of fused-ring (bicyclic) bond motifs is 1. The predicted octanol–water partition coefficient (Wildman–Crippen LogP) is 2.59. The highest BCUT2D eigenvalue weighted by molar-refractivity contribution is 6.09. The molecule has 3 N–H and O–H groups in total. The highest BCUT2D eigenvalue weighted by atomic mass is 16.2. The van der Waals surface area contributed by atoms with E-state index in [1.807, 2.05) is 30.3 Å². The first-order valence-corrected chi connectivity index (χ1v) is 6.70. The van der Waals surface area contributed by atoms with Gasteiger partial charge in [-0.3, -0.25) is 14.6 Å². The first kappa shape index (κ1) is 13.8. The zero-order valence-corrected chi connectivity index (χ0v) is 11.6. The summed E-state index contributed by atoms with van der Waals surface area (Å²) in [4.78, 5) is 27.6. The number of nitrogens with zero attached hydrogens (tertiary/aromatic N) is 1.